The first-order valence-electron chi connectivity index (χ1n) is 4.30. The fourth-order valence-electron chi connectivity index (χ4n) is 1.83. The van der Waals surface area contributed by atoms with Gasteiger partial charge in [-0.25, -0.2) is 0 Å². The summed E-state index contributed by atoms with van der Waals surface area (Å²) in [5.74, 6) is 0.923. The highest BCUT2D eigenvalue weighted by Gasteiger charge is 2.26. The molecule has 1 N–H and O–H groups in total. The third-order valence-corrected chi connectivity index (χ3v) is 2.60. The second-order valence-electron chi connectivity index (χ2n) is 3.75. The van der Waals surface area contributed by atoms with Gasteiger partial charge in [0.15, 0.2) is 0 Å². The summed E-state index contributed by atoms with van der Waals surface area (Å²) in [7, 11) is 0. The smallest absolute Gasteiger partial charge is 0.0607 e. The monoisotopic (exact) mass is 153 g/mol. The maximum Gasteiger partial charge on any atom is 0.0607 e. The summed E-state index contributed by atoms with van der Waals surface area (Å²) >= 11 is 0. The third kappa shape index (κ3) is 2.06. The van der Waals surface area contributed by atoms with Gasteiger partial charge in [0.2, 0.25) is 0 Å². The van der Waals surface area contributed by atoms with Crippen molar-refractivity contribution in [1.82, 2.24) is 0 Å². The van der Waals surface area contributed by atoms with Crippen LogP contribution in [0.3, 0.4) is 0 Å². The zero-order valence-corrected chi connectivity index (χ0v) is 7.21. The van der Waals surface area contributed by atoms with Gasteiger partial charge in [0, 0.05) is 5.92 Å². The molecule has 3 atom stereocenters. The summed E-state index contributed by atoms with van der Waals surface area (Å²) in [5.41, 5.74) is 0.893. The summed E-state index contributed by atoms with van der Waals surface area (Å²) in [6, 6.07) is 0. The van der Waals surface area contributed by atoms with Gasteiger partial charge >= 0.3 is 0 Å². The molecule has 0 saturated heterocycles. The Labute approximate surface area is 69.1 Å². The topological polar surface area (TPSA) is 20.2 Å². The predicted molar refractivity (Wildman–Crippen MR) is 47.0 cm³/mol. The molecule has 0 heterocycles. The normalized spacial score (nSPS) is 38.6. The zero-order valence-electron chi connectivity index (χ0n) is 7.21. The fourth-order valence-corrected chi connectivity index (χ4v) is 1.83. The maximum atomic E-state index is 9.61. The van der Waals surface area contributed by atoms with Crippen LogP contribution in [0.15, 0.2) is 12.2 Å². The first-order valence-corrected chi connectivity index (χ1v) is 4.30. The van der Waals surface area contributed by atoms with Crippen LogP contribution in [0.1, 0.15) is 26.2 Å². The summed E-state index contributed by atoms with van der Waals surface area (Å²) < 4.78 is 0. The second-order valence-corrected chi connectivity index (χ2v) is 3.75. The lowest BCUT2D eigenvalue weighted by atomic mass is 9.78. The predicted octanol–water partition coefficient (Wildman–Crippen LogP) is 2.17. The van der Waals surface area contributed by atoms with Crippen LogP contribution in [-0.2, 0) is 0 Å². The maximum absolute atomic E-state index is 9.61. The molecule has 0 spiro atoms. The Morgan fingerprint density at radius 1 is 1.45 bits per heavy atom. The minimum Gasteiger partial charge on any atom is -0.392 e. The van der Waals surface area contributed by atoms with E-state index >= 15 is 0 Å². The van der Waals surface area contributed by atoms with E-state index in [0.29, 0.717) is 5.92 Å². The molecule has 1 radical (unpaired) electrons. The highest BCUT2D eigenvalue weighted by atomic mass is 16.3. The minimum atomic E-state index is -0.191. The van der Waals surface area contributed by atoms with Crippen LogP contribution >= 0.6 is 0 Å². The number of hydrogen-bond donors (Lipinski definition) is 1. The number of aliphatic hydroxyl groups excluding tert-OH is 1. The minimum absolute atomic E-state index is 0.191. The van der Waals surface area contributed by atoms with Crippen molar-refractivity contribution in [3.8, 4) is 0 Å². The van der Waals surface area contributed by atoms with E-state index in [1.54, 1.807) is 0 Å². The molecule has 11 heavy (non-hydrogen) atoms. The van der Waals surface area contributed by atoms with Crippen LogP contribution in [0, 0.1) is 18.8 Å². The Bertz CT molecular complexity index is 151. The Hall–Kier alpha value is -0.300. The van der Waals surface area contributed by atoms with Crippen molar-refractivity contribution >= 4 is 0 Å². The van der Waals surface area contributed by atoms with Gasteiger partial charge in [-0.2, -0.15) is 0 Å². The van der Waals surface area contributed by atoms with Crippen LogP contribution in [0.4, 0.5) is 0 Å². The van der Waals surface area contributed by atoms with Crippen LogP contribution in [0.5, 0.6) is 0 Å². The quantitative estimate of drug-likeness (QED) is 0.612. The number of aliphatic hydroxyl groups is 1. The van der Waals surface area contributed by atoms with E-state index in [1.165, 1.54) is 6.42 Å². The summed E-state index contributed by atoms with van der Waals surface area (Å²) in [6.45, 7) is 9.75. The zero-order chi connectivity index (χ0) is 8.43. The Morgan fingerprint density at radius 3 is 2.55 bits per heavy atom. The van der Waals surface area contributed by atoms with Crippen molar-refractivity contribution in [2.45, 2.75) is 32.3 Å². The van der Waals surface area contributed by atoms with Gasteiger partial charge in [-0.1, -0.05) is 19.1 Å². The lowest BCUT2D eigenvalue weighted by Gasteiger charge is -2.31. The van der Waals surface area contributed by atoms with Crippen molar-refractivity contribution in [3.05, 3.63) is 19.1 Å². The van der Waals surface area contributed by atoms with Crippen LogP contribution in [0.25, 0.3) is 0 Å². The second kappa shape index (κ2) is 3.40. The van der Waals surface area contributed by atoms with E-state index in [0.717, 1.165) is 18.4 Å². The van der Waals surface area contributed by atoms with Crippen molar-refractivity contribution in [3.63, 3.8) is 0 Å². The first kappa shape index (κ1) is 8.79. The van der Waals surface area contributed by atoms with Gasteiger partial charge in [0.05, 0.1) is 6.10 Å². The molecule has 0 aliphatic heterocycles. The van der Waals surface area contributed by atoms with Crippen LogP contribution in [-0.4, -0.2) is 11.2 Å². The number of hydrogen-bond acceptors (Lipinski definition) is 1. The summed E-state index contributed by atoms with van der Waals surface area (Å²) in [5, 5.41) is 9.61. The SMILES string of the molecule is [CH2]C(=C)[C@@H]1CC[C@@H](C)C[C@H]1O. The van der Waals surface area contributed by atoms with Gasteiger partial charge in [0.1, 0.15) is 0 Å². The molecule has 0 amide bonds. The highest BCUT2D eigenvalue weighted by molar-refractivity contribution is 5.07. The molecule has 0 unspecified atom stereocenters. The molecule has 0 aromatic rings. The van der Waals surface area contributed by atoms with E-state index in [2.05, 4.69) is 20.4 Å². The molecule has 1 heteroatoms. The standard InChI is InChI=1S/C10H17O/c1-7(2)9-5-4-8(3)6-10(9)11/h8-11H,1-2,4-6H2,3H3/t8-,9+,10-/m1/s1. The van der Waals surface area contributed by atoms with E-state index in [9.17, 15) is 5.11 Å². The molecule has 1 aliphatic rings. The summed E-state index contributed by atoms with van der Waals surface area (Å²) in [4.78, 5) is 0. The average Bonchev–Trinajstić information content (AvgIpc) is 1.85. The lowest BCUT2D eigenvalue weighted by Crippen LogP contribution is -2.28. The van der Waals surface area contributed by atoms with Crippen LogP contribution in [0.2, 0.25) is 0 Å². The Kier molecular flexibility index (Phi) is 2.72. The van der Waals surface area contributed by atoms with E-state index in [4.69, 9.17) is 0 Å². The first-order chi connectivity index (χ1) is 5.11. The molecule has 0 aromatic heterocycles. The van der Waals surface area contributed by atoms with Gasteiger partial charge in [-0.15, -0.1) is 0 Å². The Morgan fingerprint density at radius 2 is 2.09 bits per heavy atom. The molecular weight excluding hydrogens is 136 g/mol. The van der Waals surface area contributed by atoms with Crippen molar-refractivity contribution in [2.75, 3.05) is 0 Å². The van der Waals surface area contributed by atoms with Gasteiger partial charge < -0.3 is 5.11 Å². The molecule has 0 aromatic carbocycles. The largest absolute Gasteiger partial charge is 0.392 e. The summed E-state index contributed by atoms with van der Waals surface area (Å²) in [6.07, 6.45) is 2.99. The van der Waals surface area contributed by atoms with E-state index < -0.39 is 0 Å². The highest BCUT2D eigenvalue weighted by Crippen LogP contribution is 2.32. The van der Waals surface area contributed by atoms with Crippen molar-refractivity contribution in [2.24, 2.45) is 11.8 Å². The molecule has 1 aliphatic carbocycles. The van der Waals surface area contributed by atoms with Gasteiger partial charge in [0.25, 0.3) is 0 Å². The molecule has 1 fully saturated rings. The average molecular weight is 153 g/mol. The van der Waals surface area contributed by atoms with Gasteiger partial charge in [-0.3, -0.25) is 0 Å². The van der Waals surface area contributed by atoms with Gasteiger partial charge in [-0.05, 0) is 32.1 Å². The molecule has 63 valence electrons. The Balaban J connectivity index is 2.50. The lowest BCUT2D eigenvalue weighted by molar-refractivity contribution is 0.0669. The van der Waals surface area contributed by atoms with E-state index in [-0.39, 0.29) is 12.0 Å². The molecule has 1 rings (SSSR count). The van der Waals surface area contributed by atoms with Crippen molar-refractivity contribution < 1.29 is 5.11 Å². The number of rotatable bonds is 1. The fraction of sp³-hybridized carbons (Fsp3) is 0.700. The molecule has 1 saturated carbocycles. The van der Waals surface area contributed by atoms with Crippen LogP contribution < -0.4 is 0 Å². The molecule has 0 bridgehead atoms. The molecule has 1 nitrogen and oxygen atoms in total. The van der Waals surface area contributed by atoms with E-state index in [1.807, 2.05) is 0 Å². The third-order valence-electron chi connectivity index (χ3n) is 2.60. The van der Waals surface area contributed by atoms with Crippen molar-refractivity contribution in [1.29, 1.82) is 0 Å². The molecular formula is C10H17O.